The number of amides is 3. The number of anilines is 1. The van der Waals surface area contributed by atoms with Gasteiger partial charge in [0.25, 0.3) is 0 Å². The molecule has 1 aliphatic heterocycles. The largest absolute Gasteiger partial charge is 0.288 e. The van der Waals surface area contributed by atoms with E-state index in [4.69, 9.17) is 0 Å². The minimum atomic E-state index is -0.164. The Labute approximate surface area is 174 Å². The Hall–Kier alpha value is -2.28. The molecule has 3 amide bonds. The van der Waals surface area contributed by atoms with Crippen LogP contribution in [0.2, 0.25) is 0 Å². The Morgan fingerprint density at radius 3 is 2.45 bits per heavy atom. The smallest absolute Gasteiger partial charge is 0.233 e. The SMILES string of the molecule is CC(C)CN(C(=O)CCN1C(=O)C2CCCCC2C1=O)c1nc2ccccc2s1. The molecule has 29 heavy (non-hydrogen) atoms. The molecule has 1 saturated heterocycles. The van der Waals surface area contributed by atoms with Gasteiger partial charge in [-0.15, -0.1) is 0 Å². The summed E-state index contributed by atoms with van der Waals surface area (Å²) >= 11 is 1.50. The Morgan fingerprint density at radius 2 is 1.83 bits per heavy atom. The fraction of sp³-hybridized carbons (Fsp3) is 0.545. The molecule has 1 aliphatic carbocycles. The molecular weight excluding hydrogens is 386 g/mol. The first-order valence-corrected chi connectivity index (χ1v) is 11.3. The number of nitrogens with zero attached hydrogens (tertiary/aromatic N) is 3. The van der Waals surface area contributed by atoms with Crippen molar-refractivity contribution in [2.75, 3.05) is 18.0 Å². The molecule has 6 nitrogen and oxygen atoms in total. The number of carbonyl (C=O) groups is 3. The second kappa shape index (κ2) is 8.22. The molecule has 0 N–H and O–H groups in total. The molecule has 4 rings (SSSR count). The molecule has 7 heteroatoms. The molecule has 2 heterocycles. The summed E-state index contributed by atoms with van der Waals surface area (Å²) in [6.45, 7) is 4.85. The fourth-order valence-corrected chi connectivity index (χ4v) is 5.41. The number of hydrogen-bond donors (Lipinski definition) is 0. The van der Waals surface area contributed by atoms with Gasteiger partial charge in [0.15, 0.2) is 5.13 Å². The van der Waals surface area contributed by atoms with Crippen LogP contribution in [-0.4, -0.2) is 40.7 Å². The van der Waals surface area contributed by atoms with Gasteiger partial charge in [0.05, 0.1) is 22.1 Å². The van der Waals surface area contributed by atoms with E-state index in [1.165, 1.54) is 16.2 Å². The molecule has 0 bridgehead atoms. The van der Waals surface area contributed by atoms with Crippen LogP contribution in [0.5, 0.6) is 0 Å². The van der Waals surface area contributed by atoms with Gasteiger partial charge in [-0.3, -0.25) is 24.2 Å². The van der Waals surface area contributed by atoms with E-state index in [0.29, 0.717) is 11.7 Å². The Morgan fingerprint density at radius 1 is 1.17 bits per heavy atom. The van der Waals surface area contributed by atoms with Gasteiger partial charge >= 0.3 is 0 Å². The fourth-order valence-electron chi connectivity index (χ4n) is 4.42. The summed E-state index contributed by atoms with van der Waals surface area (Å²) in [4.78, 5) is 46.1. The van der Waals surface area contributed by atoms with Gasteiger partial charge in [0.2, 0.25) is 17.7 Å². The van der Waals surface area contributed by atoms with E-state index in [-0.39, 0.29) is 48.4 Å². The Bertz CT molecular complexity index is 881. The molecule has 2 aromatic rings. The highest BCUT2D eigenvalue weighted by molar-refractivity contribution is 7.22. The number of carbonyl (C=O) groups excluding carboxylic acids is 3. The zero-order valence-corrected chi connectivity index (χ0v) is 17.8. The standard InChI is InChI=1S/C22H27N3O3S/c1-14(2)13-25(22-23-17-9-5-6-10-18(17)29-22)19(26)11-12-24-20(27)15-7-3-4-8-16(15)21(24)28/h5-6,9-10,14-16H,3-4,7-8,11-13H2,1-2H3. The number of fused-ring (bicyclic) bond motifs is 2. The maximum atomic E-state index is 13.1. The highest BCUT2D eigenvalue weighted by Gasteiger charge is 2.47. The van der Waals surface area contributed by atoms with Gasteiger partial charge in [-0.25, -0.2) is 4.98 Å². The zero-order valence-electron chi connectivity index (χ0n) is 17.0. The van der Waals surface area contributed by atoms with E-state index in [9.17, 15) is 14.4 Å². The molecule has 0 spiro atoms. The minimum absolute atomic E-state index is 0.0807. The van der Waals surface area contributed by atoms with Crippen molar-refractivity contribution >= 4 is 44.4 Å². The number of benzene rings is 1. The van der Waals surface area contributed by atoms with E-state index in [1.807, 2.05) is 24.3 Å². The van der Waals surface area contributed by atoms with Gasteiger partial charge in [-0.2, -0.15) is 0 Å². The number of imide groups is 1. The average Bonchev–Trinajstić information content (AvgIpc) is 3.24. The second-order valence-electron chi connectivity index (χ2n) is 8.44. The number of thiazole rings is 1. The van der Waals surface area contributed by atoms with Crippen molar-refractivity contribution < 1.29 is 14.4 Å². The molecular formula is C22H27N3O3S. The lowest BCUT2D eigenvalue weighted by atomic mass is 9.81. The lowest BCUT2D eigenvalue weighted by molar-refractivity contribution is -0.140. The van der Waals surface area contributed by atoms with Gasteiger partial charge in [0.1, 0.15) is 0 Å². The maximum absolute atomic E-state index is 13.1. The highest BCUT2D eigenvalue weighted by atomic mass is 32.1. The van der Waals surface area contributed by atoms with Crippen LogP contribution in [0.1, 0.15) is 46.0 Å². The molecule has 2 atom stereocenters. The van der Waals surface area contributed by atoms with Crippen molar-refractivity contribution in [2.45, 2.75) is 46.0 Å². The Kier molecular flexibility index (Phi) is 5.67. The summed E-state index contributed by atoms with van der Waals surface area (Å²) in [6.07, 6.45) is 3.74. The van der Waals surface area contributed by atoms with Crippen molar-refractivity contribution in [3.05, 3.63) is 24.3 Å². The number of hydrogen-bond acceptors (Lipinski definition) is 5. The van der Waals surface area contributed by atoms with E-state index in [2.05, 4.69) is 18.8 Å². The molecule has 154 valence electrons. The summed E-state index contributed by atoms with van der Waals surface area (Å²) in [5.74, 6) is -0.298. The zero-order chi connectivity index (χ0) is 20.5. The summed E-state index contributed by atoms with van der Waals surface area (Å²) in [6, 6.07) is 7.84. The first kappa shape index (κ1) is 20.0. The van der Waals surface area contributed by atoms with E-state index >= 15 is 0 Å². The number of rotatable bonds is 6. The number of likely N-dealkylation sites (tertiary alicyclic amines) is 1. The molecule has 2 aliphatic rings. The van der Waals surface area contributed by atoms with E-state index in [0.717, 1.165) is 35.9 Å². The van der Waals surface area contributed by atoms with Crippen molar-refractivity contribution in [2.24, 2.45) is 17.8 Å². The average molecular weight is 414 g/mol. The van der Waals surface area contributed by atoms with Crippen molar-refractivity contribution in [3.63, 3.8) is 0 Å². The van der Waals surface area contributed by atoms with Crippen LogP contribution in [0, 0.1) is 17.8 Å². The quantitative estimate of drug-likeness (QED) is 0.675. The minimum Gasteiger partial charge on any atom is -0.288 e. The second-order valence-corrected chi connectivity index (χ2v) is 9.45. The van der Waals surface area contributed by atoms with Crippen molar-refractivity contribution in [1.82, 2.24) is 9.88 Å². The van der Waals surface area contributed by atoms with Crippen LogP contribution >= 0.6 is 11.3 Å². The predicted molar refractivity (Wildman–Crippen MR) is 114 cm³/mol. The van der Waals surface area contributed by atoms with Crippen molar-refractivity contribution in [3.8, 4) is 0 Å². The molecule has 0 radical (unpaired) electrons. The highest BCUT2D eigenvalue weighted by Crippen LogP contribution is 2.38. The van der Waals surface area contributed by atoms with Crippen molar-refractivity contribution in [1.29, 1.82) is 0 Å². The van der Waals surface area contributed by atoms with Crippen LogP contribution in [0.25, 0.3) is 10.2 Å². The third-order valence-electron chi connectivity index (χ3n) is 5.84. The molecule has 2 fully saturated rings. The van der Waals surface area contributed by atoms with Crippen LogP contribution in [0.15, 0.2) is 24.3 Å². The lowest BCUT2D eigenvalue weighted by Gasteiger charge is -2.23. The predicted octanol–water partition coefficient (Wildman–Crippen LogP) is 3.85. The number of para-hydroxylation sites is 1. The maximum Gasteiger partial charge on any atom is 0.233 e. The van der Waals surface area contributed by atoms with Crippen LogP contribution in [0.3, 0.4) is 0 Å². The summed E-state index contributed by atoms with van der Waals surface area (Å²) in [5, 5.41) is 0.678. The van der Waals surface area contributed by atoms with Crippen LogP contribution in [0.4, 0.5) is 5.13 Å². The van der Waals surface area contributed by atoms with Gasteiger partial charge in [-0.05, 0) is 30.9 Å². The summed E-state index contributed by atoms with van der Waals surface area (Å²) < 4.78 is 1.04. The number of aromatic nitrogens is 1. The van der Waals surface area contributed by atoms with Gasteiger partial charge < -0.3 is 0 Å². The van der Waals surface area contributed by atoms with Gasteiger partial charge in [-0.1, -0.05) is 50.2 Å². The summed E-state index contributed by atoms with van der Waals surface area (Å²) in [5.41, 5.74) is 0.878. The molecule has 1 aromatic carbocycles. The van der Waals surface area contributed by atoms with E-state index in [1.54, 1.807) is 4.90 Å². The third kappa shape index (κ3) is 3.92. The normalized spacial score (nSPS) is 21.8. The van der Waals surface area contributed by atoms with Crippen LogP contribution < -0.4 is 4.90 Å². The summed E-state index contributed by atoms with van der Waals surface area (Å²) in [7, 11) is 0. The first-order valence-electron chi connectivity index (χ1n) is 10.5. The molecule has 2 unspecified atom stereocenters. The van der Waals surface area contributed by atoms with Gasteiger partial charge in [0, 0.05) is 19.5 Å². The monoisotopic (exact) mass is 413 g/mol. The third-order valence-corrected chi connectivity index (χ3v) is 6.90. The van der Waals surface area contributed by atoms with E-state index < -0.39 is 0 Å². The topological polar surface area (TPSA) is 70.6 Å². The molecule has 1 aromatic heterocycles. The Balaban J connectivity index is 1.48. The van der Waals surface area contributed by atoms with Crippen LogP contribution in [-0.2, 0) is 14.4 Å². The molecule has 1 saturated carbocycles. The first-order chi connectivity index (χ1) is 14.0. The lowest BCUT2D eigenvalue weighted by Crippen LogP contribution is -2.39.